The quantitative estimate of drug-likeness (QED) is 0.806. The first-order chi connectivity index (χ1) is 7.80. The van der Waals surface area contributed by atoms with Crippen LogP contribution in [0.5, 0.6) is 0 Å². The Morgan fingerprint density at radius 1 is 1.41 bits per heavy atom. The van der Waals surface area contributed by atoms with Gasteiger partial charge in [-0.2, -0.15) is 0 Å². The van der Waals surface area contributed by atoms with Crippen LogP contribution in [0.2, 0.25) is 0 Å². The molecule has 0 spiro atoms. The van der Waals surface area contributed by atoms with Crippen LogP contribution in [0.3, 0.4) is 0 Å². The van der Waals surface area contributed by atoms with Crippen LogP contribution in [-0.4, -0.2) is 5.91 Å². The van der Waals surface area contributed by atoms with Crippen LogP contribution < -0.4 is 11.5 Å². The summed E-state index contributed by atoms with van der Waals surface area (Å²) in [4.78, 5) is 12.7. The van der Waals surface area contributed by atoms with Gasteiger partial charge in [-0.05, 0) is 36.2 Å². The van der Waals surface area contributed by atoms with Crippen LogP contribution in [0.1, 0.15) is 48.0 Å². The molecule has 0 saturated carbocycles. The zero-order valence-electron chi connectivity index (χ0n) is 10.7. The molecule has 3 nitrogen and oxygen atoms in total. The number of carbonyl (C=O) groups excluding carboxylic acids is 1. The van der Waals surface area contributed by atoms with Gasteiger partial charge >= 0.3 is 0 Å². The van der Waals surface area contributed by atoms with Crippen molar-refractivity contribution >= 4 is 22.2 Å². The maximum absolute atomic E-state index is 11.5. The normalized spacial score (nSPS) is 20.1. The zero-order valence-corrected chi connectivity index (χ0v) is 11.5. The van der Waals surface area contributed by atoms with Crippen molar-refractivity contribution in [1.29, 1.82) is 0 Å². The molecule has 0 aromatic carbocycles. The average Bonchev–Trinajstić information content (AvgIpc) is 2.50. The molecule has 1 unspecified atom stereocenters. The largest absolute Gasteiger partial charge is 0.390 e. The molecule has 0 bridgehead atoms. The van der Waals surface area contributed by atoms with E-state index in [1.54, 1.807) is 0 Å². The first-order valence-corrected chi connectivity index (χ1v) is 6.82. The van der Waals surface area contributed by atoms with Gasteiger partial charge in [0.2, 0.25) is 0 Å². The van der Waals surface area contributed by atoms with E-state index in [1.165, 1.54) is 22.6 Å². The number of fused-ring (bicyclic) bond motifs is 1. The maximum atomic E-state index is 11.5. The Hall–Kier alpha value is -1.03. The monoisotopic (exact) mass is 252 g/mol. The van der Waals surface area contributed by atoms with Gasteiger partial charge in [0, 0.05) is 4.88 Å². The van der Waals surface area contributed by atoms with Crippen LogP contribution >= 0.6 is 11.3 Å². The molecule has 1 aliphatic carbocycles. The van der Waals surface area contributed by atoms with Crippen molar-refractivity contribution in [2.45, 2.75) is 40.0 Å². The first kappa shape index (κ1) is 12.4. The Labute approximate surface area is 106 Å². The summed E-state index contributed by atoms with van der Waals surface area (Å²) in [5.74, 6) is 0.219. The molecule has 1 aliphatic rings. The topological polar surface area (TPSA) is 69.1 Å². The van der Waals surface area contributed by atoms with E-state index in [1.807, 2.05) is 0 Å². The van der Waals surface area contributed by atoms with Crippen LogP contribution in [0, 0.1) is 11.3 Å². The summed E-state index contributed by atoms with van der Waals surface area (Å²) < 4.78 is 0. The van der Waals surface area contributed by atoms with Crippen LogP contribution in [0.15, 0.2) is 0 Å². The Morgan fingerprint density at radius 3 is 2.59 bits per heavy atom. The number of anilines is 1. The lowest BCUT2D eigenvalue weighted by Crippen LogP contribution is -2.27. The Bertz CT molecular complexity index is 457. The van der Waals surface area contributed by atoms with Gasteiger partial charge in [0.15, 0.2) is 0 Å². The van der Waals surface area contributed by atoms with Crippen molar-refractivity contribution in [2.75, 3.05) is 5.73 Å². The summed E-state index contributed by atoms with van der Waals surface area (Å²) in [5.41, 5.74) is 13.3. The Kier molecular flexibility index (Phi) is 2.94. The highest BCUT2D eigenvalue weighted by molar-refractivity contribution is 7.16. The van der Waals surface area contributed by atoms with Gasteiger partial charge < -0.3 is 11.5 Å². The third-order valence-electron chi connectivity index (χ3n) is 3.76. The average molecular weight is 252 g/mol. The number of thiophene rings is 1. The molecule has 1 aromatic heterocycles. The predicted octanol–water partition coefficient (Wildman–Crippen LogP) is 2.58. The molecule has 0 aliphatic heterocycles. The Balaban J connectivity index is 2.39. The van der Waals surface area contributed by atoms with Gasteiger partial charge in [0.1, 0.15) is 0 Å². The molecule has 2 rings (SSSR count). The summed E-state index contributed by atoms with van der Waals surface area (Å²) in [6.07, 6.45) is 3.14. The lowest BCUT2D eigenvalue weighted by Gasteiger charge is -2.34. The van der Waals surface area contributed by atoms with E-state index in [2.05, 4.69) is 20.8 Å². The molecule has 0 saturated heterocycles. The summed E-state index contributed by atoms with van der Waals surface area (Å²) in [6, 6.07) is 0. The molecule has 4 heteroatoms. The van der Waals surface area contributed by atoms with Gasteiger partial charge in [-0.1, -0.05) is 20.8 Å². The lowest BCUT2D eigenvalue weighted by molar-refractivity contribution is 0.0999. The van der Waals surface area contributed by atoms with Crippen LogP contribution in [-0.2, 0) is 12.8 Å². The number of carbonyl (C=O) groups is 1. The minimum atomic E-state index is -0.380. The summed E-state index contributed by atoms with van der Waals surface area (Å²) in [5, 5.41) is 0.594. The van der Waals surface area contributed by atoms with E-state index < -0.39 is 0 Å². The second-order valence-electron chi connectivity index (χ2n) is 5.91. The minimum absolute atomic E-state index is 0.267. The minimum Gasteiger partial charge on any atom is -0.390 e. The number of amides is 1. The first-order valence-electron chi connectivity index (χ1n) is 6.00. The van der Waals surface area contributed by atoms with Gasteiger partial charge in [-0.3, -0.25) is 4.79 Å². The Morgan fingerprint density at radius 2 is 2.06 bits per heavy atom. The number of aryl methyl sites for hydroxylation is 1. The number of hydrogen-bond donors (Lipinski definition) is 2. The third kappa shape index (κ3) is 2.18. The number of nitrogens with two attached hydrogens (primary N) is 2. The van der Waals surface area contributed by atoms with Crippen molar-refractivity contribution in [3.63, 3.8) is 0 Å². The van der Waals surface area contributed by atoms with E-state index in [4.69, 9.17) is 11.5 Å². The van der Waals surface area contributed by atoms with Crippen LogP contribution in [0.4, 0.5) is 5.00 Å². The van der Waals surface area contributed by atoms with Crippen molar-refractivity contribution in [3.05, 3.63) is 16.0 Å². The van der Waals surface area contributed by atoms with E-state index in [0.29, 0.717) is 16.5 Å². The third-order valence-corrected chi connectivity index (χ3v) is 4.88. The van der Waals surface area contributed by atoms with Crippen molar-refractivity contribution < 1.29 is 4.79 Å². The molecular formula is C13H20N2OS. The number of primary amides is 1. The van der Waals surface area contributed by atoms with E-state index >= 15 is 0 Å². The van der Waals surface area contributed by atoms with Crippen molar-refractivity contribution in [3.8, 4) is 0 Å². The van der Waals surface area contributed by atoms with E-state index in [-0.39, 0.29) is 11.3 Å². The second kappa shape index (κ2) is 4.02. The highest BCUT2D eigenvalue weighted by Gasteiger charge is 2.32. The summed E-state index contributed by atoms with van der Waals surface area (Å²) >= 11 is 1.53. The number of rotatable bonds is 1. The van der Waals surface area contributed by atoms with Crippen molar-refractivity contribution in [1.82, 2.24) is 0 Å². The highest BCUT2D eigenvalue weighted by Crippen LogP contribution is 2.43. The highest BCUT2D eigenvalue weighted by atomic mass is 32.1. The lowest BCUT2D eigenvalue weighted by atomic mass is 9.71. The molecule has 17 heavy (non-hydrogen) atoms. The molecule has 1 heterocycles. The molecule has 1 aromatic rings. The molecule has 0 radical (unpaired) electrons. The standard InChI is InChI=1S/C13H20N2OS/c1-13(2,3)7-4-5-9-8(6-7)10(11(14)16)12(15)17-9/h7H,4-6,15H2,1-3H3,(H2,14,16). The smallest absolute Gasteiger partial charge is 0.251 e. The summed E-state index contributed by atoms with van der Waals surface area (Å²) in [6.45, 7) is 6.76. The molecule has 94 valence electrons. The van der Waals surface area contributed by atoms with Crippen molar-refractivity contribution in [2.24, 2.45) is 17.1 Å². The number of hydrogen-bond acceptors (Lipinski definition) is 3. The fraction of sp³-hybridized carbons (Fsp3) is 0.615. The SMILES string of the molecule is CC(C)(C)C1CCc2sc(N)c(C(N)=O)c2C1. The fourth-order valence-corrected chi connectivity index (χ4v) is 3.73. The molecule has 0 fully saturated rings. The van der Waals surface area contributed by atoms with Gasteiger partial charge in [-0.25, -0.2) is 0 Å². The van der Waals surface area contributed by atoms with Gasteiger partial charge in [-0.15, -0.1) is 11.3 Å². The van der Waals surface area contributed by atoms with E-state index in [0.717, 1.165) is 18.4 Å². The number of nitrogen functional groups attached to an aromatic ring is 1. The molecule has 1 atom stereocenters. The van der Waals surface area contributed by atoms with E-state index in [9.17, 15) is 4.79 Å². The van der Waals surface area contributed by atoms with Crippen LogP contribution in [0.25, 0.3) is 0 Å². The summed E-state index contributed by atoms with van der Waals surface area (Å²) in [7, 11) is 0. The fourth-order valence-electron chi connectivity index (χ4n) is 2.61. The maximum Gasteiger partial charge on any atom is 0.251 e. The van der Waals surface area contributed by atoms with Gasteiger partial charge in [0.05, 0.1) is 10.6 Å². The molecular weight excluding hydrogens is 232 g/mol. The zero-order chi connectivity index (χ0) is 12.8. The second-order valence-corrected chi connectivity index (χ2v) is 7.05. The molecule has 4 N–H and O–H groups in total. The predicted molar refractivity (Wildman–Crippen MR) is 72.2 cm³/mol. The van der Waals surface area contributed by atoms with Gasteiger partial charge in [0.25, 0.3) is 5.91 Å². The molecule has 1 amide bonds.